The summed E-state index contributed by atoms with van der Waals surface area (Å²) in [5, 5.41) is 0. The standard InChI is InChI=1S/C11H20BrNO/c1-11(2,3)10(14)13(4)7-8-5-9(12)6-8/h8-9H,5-7H2,1-4H3. The lowest BCUT2D eigenvalue weighted by Crippen LogP contribution is -2.42. The lowest BCUT2D eigenvalue weighted by atomic mass is 9.84. The Kier molecular flexibility index (Phi) is 3.62. The van der Waals surface area contributed by atoms with Crippen molar-refractivity contribution < 1.29 is 4.79 Å². The molecule has 1 rings (SSSR count). The first kappa shape index (κ1) is 12.0. The largest absolute Gasteiger partial charge is 0.345 e. The maximum absolute atomic E-state index is 11.8. The van der Waals surface area contributed by atoms with E-state index in [1.54, 1.807) is 0 Å². The number of rotatable bonds is 2. The molecule has 0 aromatic carbocycles. The predicted molar refractivity (Wildman–Crippen MR) is 62.5 cm³/mol. The van der Waals surface area contributed by atoms with E-state index in [1.165, 1.54) is 12.8 Å². The Labute approximate surface area is 95.2 Å². The number of nitrogens with zero attached hydrogens (tertiary/aromatic N) is 1. The van der Waals surface area contributed by atoms with Gasteiger partial charge in [0, 0.05) is 23.8 Å². The Hall–Kier alpha value is -0.0500. The topological polar surface area (TPSA) is 20.3 Å². The number of alkyl halides is 1. The first-order valence-electron chi connectivity index (χ1n) is 5.20. The lowest BCUT2D eigenvalue weighted by molar-refractivity contribution is -0.139. The van der Waals surface area contributed by atoms with Gasteiger partial charge in [0.15, 0.2) is 0 Å². The SMILES string of the molecule is CN(CC1CC(Br)C1)C(=O)C(C)(C)C. The number of hydrogen-bond donors (Lipinski definition) is 0. The summed E-state index contributed by atoms with van der Waals surface area (Å²) in [5.41, 5.74) is -0.244. The van der Waals surface area contributed by atoms with Gasteiger partial charge in [-0.05, 0) is 18.8 Å². The molecule has 1 amide bonds. The molecule has 0 aromatic rings. The van der Waals surface area contributed by atoms with Gasteiger partial charge in [0.1, 0.15) is 0 Å². The second-order valence-electron chi connectivity index (χ2n) is 5.37. The maximum Gasteiger partial charge on any atom is 0.227 e. The predicted octanol–water partition coefficient (Wildman–Crippen LogP) is 2.66. The highest BCUT2D eigenvalue weighted by molar-refractivity contribution is 9.09. The normalized spacial score (nSPS) is 26.9. The molecular weight excluding hydrogens is 242 g/mol. The second kappa shape index (κ2) is 4.21. The van der Waals surface area contributed by atoms with Crippen LogP contribution in [0.3, 0.4) is 0 Å². The summed E-state index contributed by atoms with van der Waals surface area (Å²) in [6.07, 6.45) is 2.42. The summed E-state index contributed by atoms with van der Waals surface area (Å²) in [6, 6.07) is 0. The maximum atomic E-state index is 11.8. The Bertz CT molecular complexity index is 216. The molecule has 1 aliphatic carbocycles. The smallest absolute Gasteiger partial charge is 0.227 e. The Morgan fingerprint density at radius 2 is 1.93 bits per heavy atom. The fraction of sp³-hybridized carbons (Fsp3) is 0.909. The zero-order valence-corrected chi connectivity index (χ0v) is 11.1. The molecule has 3 heteroatoms. The Morgan fingerprint density at radius 3 is 2.29 bits per heavy atom. The third kappa shape index (κ3) is 2.97. The van der Waals surface area contributed by atoms with Gasteiger partial charge < -0.3 is 4.90 Å². The molecule has 0 saturated heterocycles. The summed E-state index contributed by atoms with van der Waals surface area (Å²) in [7, 11) is 1.91. The van der Waals surface area contributed by atoms with Crippen LogP contribution in [-0.4, -0.2) is 29.2 Å². The fourth-order valence-electron chi connectivity index (χ4n) is 1.85. The zero-order chi connectivity index (χ0) is 10.9. The molecule has 0 bridgehead atoms. The van der Waals surface area contributed by atoms with Gasteiger partial charge in [-0.15, -0.1) is 0 Å². The van der Waals surface area contributed by atoms with Gasteiger partial charge in [0.25, 0.3) is 0 Å². The zero-order valence-electron chi connectivity index (χ0n) is 9.51. The second-order valence-corrected chi connectivity index (χ2v) is 6.67. The molecule has 0 N–H and O–H groups in total. The summed E-state index contributed by atoms with van der Waals surface area (Å²) >= 11 is 3.56. The molecule has 0 atom stereocenters. The van der Waals surface area contributed by atoms with Gasteiger partial charge in [0.05, 0.1) is 0 Å². The first-order valence-corrected chi connectivity index (χ1v) is 6.12. The summed E-state index contributed by atoms with van der Waals surface area (Å²) < 4.78 is 0. The molecule has 1 saturated carbocycles. The molecule has 2 nitrogen and oxygen atoms in total. The van der Waals surface area contributed by atoms with Crippen molar-refractivity contribution in [2.45, 2.75) is 38.4 Å². The van der Waals surface area contributed by atoms with Crippen molar-refractivity contribution in [2.24, 2.45) is 11.3 Å². The summed E-state index contributed by atoms with van der Waals surface area (Å²) in [4.78, 5) is 14.4. The van der Waals surface area contributed by atoms with Gasteiger partial charge in [-0.25, -0.2) is 0 Å². The number of halogens is 1. The molecule has 1 fully saturated rings. The highest BCUT2D eigenvalue weighted by Crippen LogP contribution is 2.34. The van der Waals surface area contributed by atoms with Crippen molar-refractivity contribution in [1.29, 1.82) is 0 Å². The van der Waals surface area contributed by atoms with E-state index in [0.717, 1.165) is 6.54 Å². The molecule has 0 spiro atoms. The highest BCUT2D eigenvalue weighted by atomic mass is 79.9. The minimum absolute atomic E-state index is 0.244. The number of carbonyl (C=O) groups is 1. The Balaban J connectivity index is 2.35. The van der Waals surface area contributed by atoms with Crippen molar-refractivity contribution in [3.8, 4) is 0 Å². The van der Waals surface area contributed by atoms with E-state index in [4.69, 9.17) is 0 Å². The number of carbonyl (C=O) groups excluding carboxylic acids is 1. The Morgan fingerprint density at radius 1 is 1.43 bits per heavy atom. The molecule has 0 aliphatic heterocycles. The molecule has 0 heterocycles. The molecule has 1 aliphatic rings. The van der Waals surface area contributed by atoms with Crippen LogP contribution in [0.1, 0.15) is 33.6 Å². The number of hydrogen-bond acceptors (Lipinski definition) is 1. The van der Waals surface area contributed by atoms with Crippen LogP contribution in [0.5, 0.6) is 0 Å². The van der Waals surface area contributed by atoms with Crippen LogP contribution in [0.15, 0.2) is 0 Å². The molecule has 82 valence electrons. The van der Waals surface area contributed by atoms with Gasteiger partial charge in [-0.1, -0.05) is 36.7 Å². The van der Waals surface area contributed by atoms with Crippen molar-refractivity contribution >= 4 is 21.8 Å². The van der Waals surface area contributed by atoms with Crippen molar-refractivity contribution in [3.63, 3.8) is 0 Å². The van der Waals surface area contributed by atoms with E-state index in [0.29, 0.717) is 10.7 Å². The highest BCUT2D eigenvalue weighted by Gasteiger charge is 2.31. The van der Waals surface area contributed by atoms with Crippen molar-refractivity contribution in [2.75, 3.05) is 13.6 Å². The van der Waals surface area contributed by atoms with Gasteiger partial charge in [-0.3, -0.25) is 4.79 Å². The molecule has 0 radical (unpaired) electrons. The molecule has 0 unspecified atom stereocenters. The van der Waals surface area contributed by atoms with Gasteiger partial charge in [-0.2, -0.15) is 0 Å². The molecule has 14 heavy (non-hydrogen) atoms. The third-order valence-electron chi connectivity index (χ3n) is 2.70. The molecular formula is C11H20BrNO. The average molecular weight is 262 g/mol. The van der Waals surface area contributed by atoms with Crippen LogP contribution in [-0.2, 0) is 4.79 Å². The van der Waals surface area contributed by atoms with Crippen molar-refractivity contribution in [1.82, 2.24) is 4.90 Å². The van der Waals surface area contributed by atoms with Crippen molar-refractivity contribution in [3.05, 3.63) is 0 Å². The van der Waals surface area contributed by atoms with E-state index in [2.05, 4.69) is 15.9 Å². The first-order chi connectivity index (χ1) is 6.30. The fourth-order valence-corrected chi connectivity index (χ4v) is 2.90. The monoisotopic (exact) mass is 261 g/mol. The quantitative estimate of drug-likeness (QED) is 0.700. The van der Waals surface area contributed by atoms with E-state index >= 15 is 0 Å². The van der Waals surface area contributed by atoms with Crippen LogP contribution < -0.4 is 0 Å². The van der Waals surface area contributed by atoms with Gasteiger partial charge in [0.2, 0.25) is 5.91 Å². The molecule has 0 aromatic heterocycles. The lowest BCUT2D eigenvalue weighted by Gasteiger charge is -2.36. The van der Waals surface area contributed by atoms with Crippen LogP contribution >= 0.6 is 15.9 Å². The number of amides is 1. The van der Waals surface area contributed by atoms with Crippen LogP contribution in [0.2, 0.25) is 0 Å². The van der Waals surface area contributed by atoms with E-state index in [9.17, 15) is 4.79 Å². The van der Waals surface area contributed by atoms with Gasteiger partial charge >= 0.3 is 0 Å². The summed E-state index contributed by atoms with van der Waals surface area (Å²) in [6.45, 7) is 6.83. The minimum atomic E-state index is -0.244. The summed E-state index contributed by atoms with van der Waals surface area (Å²) in [5.74, 6) is 0.950. The van der Waals surface area contributed by atoms with E-state index in [1.807, 2.05) is 32.7 Å². The van der Waals surface area contributed by atoms with Crippen LogP contribution in [0.25, 0.3) is 0 Å². The van der Waals surface area contributed by atoms with E-state index < -0.39 is 0 Å². The van der Waals surface area contributed by atoms with Crippen LogP contribution in [0, 0.1) is 11.3 Å². The van der Waals surface area contributed by atoms with Crippen LogP contribution in [0.4, 0.5) is 0 Å². The minimum Gasteiger partial charge on any atom is -0.345 e. The average Bonchev–Trinajstić information content (AvgIpc) is 1.98. The van der Waals surface area contributed by atoms with E-state index in [-0.39, 0.29) is 11.3 Å². The third-order valence-corrected chi connectivity index (χ3v) is 3.45.